The highest BCUT2D eigenvalue weighted by Crippen LogP contribution is 2.17. The van der Waals surface area contributed by atoms with E-state index in [4.69, 9.17) is 5.73 Å². The molecule has 0 saturated carbocycles. The number of hydrogen-bond donors (Lipinski definition) is 2. The molecule has 3 N–H and O–H groups in total. The fraction of sp³-hybridized carbons (Fsp3) is 0.462. The Hall–Kier alpha value is -1.55. The van der Waals surface area contributed by atoms with E-state index in [2.05, 4.69) is 5.32 Å². The van der Waals surface area contributed by atoms with Crippen LogP contribution in [0.15, 0.2) is 24.3 Å². The van der Waals surface area contributed by atoms with Gasteiger partial charge < -0.3 is 16.0 Å². The maximum atomic E-state index is 11.8. The van der Waals surface area contributed by atoms with Crippen LogP contribution in [0, 0.1) is 5.92 Å². The van der Waals surface area contributed by atoms with E-state index in [1.807, 2.05) is 57.1 Å². The van der Waals surface area contributed by atoms with Gasteiger partial charge >= 0.3 is 0 Å². The SMILES string of the molecule is CC(C)C(N)C(=O)Nc1cccc(N(C)C)c1. The first-order valence-electron chi connectivity index (χ1n) is 5.75. The number of carbonyl (C=O) groups excluding carboxylic acids is 1. The summed E-state index contributed by atoms with van der Waals surface area (Å²) in [5.74, 6) is -0.0112. The molecule has 0 heterocycles. The lowest BCUT2D eigenvalue weighted by molar-refractivity contribution is -0.118. The molecule has 0 aliphatic heterocycles. The molecule has 4 nitrogen and oxygen atoms in total. The number of benzene rings is 1. The second-order valence-corrected chi connectivity index (χ2v) is 4.70. The summed E-state index contributed by atoms with van der Waals surface area (Å²) in [7, 11) is 3.92. The normalized spacial score (nSPS) is 12.4. The van der Waals surface area contributed by atoms with Gasteiger partial charge in [0.05, 0.1) is 6.04 Å². The number of anilines is 2. The van der Waals surface area contributed by atoms with Crippen molar-refractivity contribution in [1.82, 2.24) is 0 Å². The highest BCUT2D eigenvalue weighted by Gasteiger charge is 2.17. The molecule has 0 spiro atoms. The van der Waals surface area contributed by atoms with E-state index in [9.17, 15) is 4.79 Å². The average molecular weight is 235 g/mol. The van der Waals surface area contributed by atoms with E-state index in [0.717, 1.165) is 11.4 Å². The van der Waals surface area contributed by atoms with Crippen LogP contribution in [0.25, 0.3) is 0 Å². The third-order valence-corrected chi connectivity index (χ3v) is 2.65. The summed E-state index contributed by atoms with van der Waals surface area (Å²) in [5.41, 5.74) is 7.60. The molecule has 0 aliphatic carbocycles. The molecule has 1 aromatic carbocycles. The highest BCUT2D eigenvalue weighted by molar-refractivity contribution is 5.95. The Morgan fingerprint density at radius 1 is 1.35 bits per heavy atom. The van der Waals surface area contributed by atoms with Gasteiger partial charge in [-0.25, -0.2) is 0 Å². The molecule has 0 aliphatic rings. The molecule has 1 atom stereocenters. The number of nitrogens with one attached hydrogen (secondary N) is 1. The van der Waals surface area contributed by atoms with Crippen LogP contribution in [-0.2, 0) is 4.79 Å². The summed E-state index contributed by atoms with van der Waals surface area (Å²) in [5, 5.41) is 2.83. The lowest BCUT2D eigenvalue weighted by Gasteiger charge is -2.17. The summed E-state index contributed by atoms with van der Waals surface area (Å²) in [6.45, 7) is 3.86. The number of nitrogens with two attached hydrogens (primary N) is 1. The molecule has 1 unspecified atom stereocenters. The average Bonchev–Trinajstić information content (AvgIpc) is 2.28. The largest absolute Gasteiger partial charge is 0.378 e. The topological polar surface area (TPSA) is 58.4 Å². The fourth-order valence-corrected chi connectivity index (χ4v) is 1.39. The zero-order chi connectivity index (χ0) is 13.0. The zero-order valence-corrected chi connectivity index (χ0v) is 10.9. The van der Waals surface area contributed by atoms with Crippen molar-refractivity contribution < 1.29 is 4.79 Å². The second kappa shape index (κ2) is 5.68. The molecule has 1 aromatic rings. The van der Waals surface area contributed by atoms with Gasteiger partial charge in [-0.2, -0.15) is 0 Å². The fourth-order valence-electron chi connectivity index (χ4n) is 1.39. The smallest absolute Gasteiger partial charge is 0.241 e. The van der Waals surface area contributed by atoms with Gasteiger partial charge in [0.1, 0.15) is 0 Å². The lowest BCUT2D eigenvalue weighted by atomic mass is 10.0. The van der Waals surface area contributed by atoms with E-state index in [0.29, 0.717) is 0 Å². The summed E-state index contributed by atoms with van der Waals surface area (Å²) in [6, 6.07) is 7.20. The molecular formula is C13H21N3O. The van der Waals surface area contributed by atoms with Gasteiger partial charge in [0.25, 0.3) is 0 Å². The maximum Gasteiger partial charge on any atom is 0.241 e. The van der Waals surface area contributed by atoms with E-state index in [-0.39, 0.29) is 11.8 Å². The molecule has 94 valence electrons. The van der Waals surface area contributed by atoms with E-state index < -0.39 is 6.04 Å². The van der Waals surface area contributed by atoms with Crippen LogP contribution in [0.5, 0.6) is 0 Å². The van der Waals surface area contributed by atoms with Crippen LogP contribution in [-0.4, -0.2) is 26.0 Å². The number of rotatable bonds is 4. The Labute approximate surface area is 103 Å². The van der Waals surface area contributed by atoms with Crippen molar-refractivity contribution in [3.63, 3.8) is 0 Å². The van der Waals surface area contributed by atoms with Crippen molar-refractivity contribution >= 4 is 17.3 Å². The van der Waals surface area contributed by atoms with Crippen LogP contribution in [0.4, 0.5) is 11.4 Å². The van der Waals surface area contributed by atoms with E-state index in [1.165, 1.54) is 0 Å². The van der Waals surface area contributed by atoms with Crippen molar-refractivity contribution in [1.29, 1.82) is 0 Å². The number of carbonyl (C=O) groups is 1. The van der Waals surface area contributed by atoms with Crippen LogP contribution < -0.4 is 16.0 Å². The third-order valence-electron chi connectivity index (χ3n) is 2.65. The molecule has 0 fully saturated rings. The van der Waals surface area contributed by atoms with Gasteiger partial charge in [0.2, 0.25) is 5.91 Å². The predicted octanol–water partition coefficient (Wildman–Crippen LogP) is 1.67. The van der Waals surface area contributed by atoms with Gasteiger partial charge in [0, 0.05) is 25.5 Å². The summed E-state index contributed by atoms with van der Waals surface area (Å²) < 4.78 is 0. The first kappa shape index (κ1) is 13.5. The van der Waals surface area contributed by atoms with Gasteiger partial charge in [0.15, 0.2) is 0 Å². The molecule has 0 bridgehead atoms. The molecule has 17 heavy (non-hydrogen) atoms. The van der Waals surface area contributed by atoms with Crippen molar-refractivity contribution in [2.75, 3.05) is 24.3 Å². The van der Waals surface area contributed by atoms with Gasteiger partial charge in [-0.15, -0.1) is 0 Å². The molecular weight excluding hydrogens is 214 g/mol. The third kappa shape index (κ3) is 3.75. The highest BCUT2D eigenvalue weighted by atomic mass is 16.2. The van der Waals surface area contributed by atoms with Crippen LogP contribution in [0.2, 0.25) is 0 Å². The van der Waals surface area contributed by atoms with Crippen molar-refractivity contribution in [2.24, 2.45) is 11.7 Å². The summed E-state index contributed by atoms with van der Waals surface area (Å²) >= 11 is 0. The molecule has 1 rings (SSSR count). The Morgan fingerprint density at radius 2 is 2.00 bits per heavy atom. The van der Waals surface area contributed by atoms with E-state index >= 15 is 0 Å². The minimum atomic E-state index is -0.474. The first-order valence-corrected chi connectivity index (χ1v) is 5.75. The Bertz CT molecular complexity index is 388. The Kier molecular flexibility index (Phi) is 4.52. The molecule has 4 heteroatoms. The first-order chi connectivity index (χ1) is 7.91. The number of nitrogens with zero attached hydrogens (tertiary/aromatic N) is 1. The summed E-state index contributed by atoms with van der Waals surface area (Å²) in [4.78, 5) is 13.8. The summed E-state index contributed by atoms with van der Waals surface area (Å²) in [6.07, 6.45) is 0. The van der Waals surface area contributed by atoms with Crippen molar-refractivity contribution in [3.8, 4) is 0 Å². The zero-order valence-electron chi connectivity index (χ0n) is 10.9. The van der Waals surface area contributed by atoms with Gasteiger partial charge in [-0.1, -0.05) is 19.9 Å². The minimum absolute atomic E-state index is 0.132. The maximum absolute atomic E-state index is 11.8. The van der Waals surface area contributed by atoms with Crippen LogP contribution in [0.1, 0.15) is 13.8 Å². The van der Waals surface area contributed by atoms with Crippen molar-refractivity contribution in [2.45, 2.75) is 19.9 Å². The molecule has 0 aromatic heterocycles. The van der Waals surface area contributed by atoms with Gasteiger partial charge in [-0.05, 0) is 24.1 Å². The second-order valence-electron chi connectivity index (χ2n) is 4.70. The van der Waals surface area contributed by atoms with Crippen LogP contribution >= 0.6 is 0 Å². The molecule has 0 radical (unpaired) electrons. The number of hydrogen-bond acceptors (Lipinski definition) is 3. The minimum Gasteiger partial charge on any atom is -0.378 e. The quantitative estimate of drug-likeness (QED) is 0.834. The lowest BCUT2D eigenvalue weighted by Crippen LogP contribution is -2.39. The Morgan fingerprint density at radius 3 is 2.53 bits per heavy atom. The van der Waals surface area contributed by atoms with Gasteiger partial charge in [-0.3, -0.25) is 4.79 Å². The monoisotopic (exact) mass is 235 g/mol. The van der Waals surface area contributed by atoms with Crippen LogP contribution in [0.3, 0.4) is 0 Å². The molecule has 0 saturated heterocycles. The van der Waals surface area contributed by atoms with Crippen molar-refractivity contribution in [3.05, 3.63) is 24.3 Å². The molecule has 1 amide bonds. The Balaban J connectivity index is 2.75. The number of amides is 1. The predicted molar refractivity (Wildman–Crippen MR) is 72.2 cm³/mol. The van der Waals surface area contributed by atoms with E-state index in [1.54, 1.807) is 0 Å². The standard InChI is InChI=1S/C13H21N3O/c1-9(2)12(14)13(17)15-10-6-5-7-11(8-10)16(3)4/h5-9,12H,14H2,1-4H3,(H,15,17).